The molecule has 34 heavy (non-hydrogen) atoms. The molecule has 0 bridgehead atoms. The van der Waals surface area contributed by atoms with Gasteiger partial charge in [0.15, 0.2) is 5.17 Å². The van der Waals surface area contributed by atoms with Crippen LogP contribution in [0.4, 0.5) is 10.1 Å². The SMILES string of the molecule is CCc1ccccc1N=C1S/C(=C/c2ccc(-c3ccc(F)cc3)o2)C(=O)N1C1CCCCC1. The van der Waals surface area contributed by atoms with Gasteiger partial charge in [0.1, 0.15) is 17.3 Å². The molecule has 2 heterocycles. The van der Waals surface area contributed by atoms with Crippen LogP contribution in [0.15, 0.2) is 75.0 Å². The van der Waals surface area contributed by atoms with Gasteiger partial charge < -0.3 is 4.42 Å². The number of nitrogens with zero attached hydrogens (tertiary/aromatic N) is 2. The summed E-state index contributed by atoms with van der Waals surface area (Å²) in [6.45, 7) is 2.12. The van der Waals surface area contributed by atoms with E-state index >= 15 is 0 Å². The van der Waals surface area contributed by atoms with E-state index in [2.05, 4.69) is 13.0 Å². The minimum Gasteiger partial charge on any atom is -0.457 e. The van der Waals surface area contributed by atoms with E-state index in [-0.39, 0.29) is 17.8 Å². The molecule has 1 saturated heterocycles. The molecule has 0 spiro atoms. The second-order valence-corrected chi connectivity index (χ2v) is 9.67. The van der Waals surface area contributed by atoms with Gasteiger partial charge in [0.05, 0.1) is 10.6 Å². The third-order valence-electron chi connectivity index (χ3n) is 6.39. The van der Waals surface area contributed by atoms with Gasteiger partial charge in [-0.2, -0.15) is 0 Å². The van der Waals surface area contributed by atoms with E-state index in [0.29, 0.717) is 16.4 Å². The Bertz CT molecular complexity index is 1240. The highest BCUT2D eigenvalue weighted by atomic mass is 32.2. The molecule has 5 rings (SSSR count). The van der Waals surface area contributed by atoms with Gasteiger partial charge in [0.25, 0.3) is 5.91 Å². The zero-order chi connectivity index (χ0) is 23.5. The first-order valence-corrected chi connectivity index (χ1v) is 12.7. The highest BCUT2D eigenvalue weighted by Gasteiger charge is 2.39. The fourth-order valence-electron chi connectivity index (χ4n) is 4.58. The van der Waals surface area contributed by atoms with Crippen molar-refractivity contribution in [2.45, 2.75) is 51.5 Å². The fourth-order valence-corrected chi connectivity index (χ4v) is 5.61. The number of para-hydroxylation sites is 1. The van der Waals surface area contributed by atoms with Crippen LogP contribution in [-0.4, -0.2) is 22.0 Å². The quantitative estimate of drug-likeness (QED) is 0.358. The van der Waals surface area contributed by atoms with Crippen molar-refractivity contribution in [1.29, 1.82) is 0 Å². The third-order valence-corrected chi connectivity index (χ3v) is 7.38. The summed E-state index contributed by atoms with van der Waals surface area (Å²) in [6, 6.07) is 18.2. The maximum Gasteiger partial charge on any atom is 0.267 e. The molecule has 1 amide bonds. The van der Waals surface area contributed by atoms with Gasteiger partial charge in [-0.3, -0.25) is 9.69 Å². The number of aliphatic imine (C=N–C) groups is 1. The Kier molecular flexibility index (Phi) is 6.68. The number of thioether (sulfide) groups is 1. The van der Waals surface area contributed by atoms with Crippen LogP contribution >= 0.6 is 11.8 Å². The topological polar surface area (TPSA) is 45.8 Å². The van der Waals surface area contributed by atoms with Crippen LogP contribution in [0.1, 0.15) is 50.4 Å². The van der Waals surface area contributed by atoms with Crippen LogP contribution < -0.4 is 0 Å². The van der Waals surface area contributed by atoms with Crippen molar-refractivity contribution in [1.82, 2.24) is 4.90 Å². The van der Waals surface area contributed by atoms with Crippen molar-refractivity contribution in [2.75, 3.05) is 0 Å². The monoisotopic (exact) mass is 474 g/mol. The van der Waals surface area contributed by atoms with E-state index in [0.717, 1.165) is 48.5 Å². The van der Waals surface area contributed by atoms with Crippen LogP contribution in [-0.2, 0) is 11.2 Å². The van der Waals surface area contributed by atoms with Crippen LogP contribution in [0.25, 0.3) is 17.4 Å². The predicted octanol–water partition coefficient (Wildman–Crippen LogP) is 7.58. The lowest BCUT2D eigenvalue weighted by atomic mass is 9.94. The Morgan fingerprint density at radius 3 is 2.59 bits per heavy atom. The average molecular weight is 475 g/mol. The van der Waals surface area contributed by atoms with Crippen LogP contribution in [0, 0.1) is 5.82 Å². The summed E-state index contributed by atoms with van der Waals surface area (Å²) in [5.41, 5.74) is 2.87. The third kappa shape index (κ3) is 4.73. The normalized spacial score (nSPS) is 19.5. The molecular weight excluding hydrogens is 447 g/mol. The fraction of sp³-hybridized carbons (Fsp3) is 0.286. The molecule has 0 radical (unpaired) electrons. The summed E-state index contributed by atoms with van der Waals surface area (Å²) < 4.78 is 19.2. The minimum atomic E-state index is -0.287. The Balaban J connectivity index is 1.47. The van der Waals surface area contributed by atoms with Gasteiger partial charge in [-0.25, -0.2) is 9.38 Å². The Morgan fingerprint density at radius 1 is 1.06 bits per heavy atom. The number of carbonyl (C=O) groups is 1. The smallest absolute Gasteiger partial charge is 0.267 e. The summed E-state index contributed by atoms with van der Waals surface area (Å²) in [5.74, 6) is 0.931. The molecule has 1 aliphatic carbocycles. The zero-order valence-electron chi connectivity index (χ0n) is 19.2. The molecule has 0 N–H and O–H groups in total. The van der Waals surface area contributed by atoms with Crippen LogP contribution in [0.3, 0.4) is 0 Å². The molecule has 1 saturated carbocycles. The molecule has 2 fully saturated rings. The number of carbonyl (C=O) groups excluding carboxylic acids is 1. The molecule has 6 heteroatoms. The molecule has 1 aliphatic heterocycles. The van der Waals surface area contributed by atoms with Crippen molar-refractivity contribution in [3.8, 4) is 11.3 Å². The number of hydrogen-bond donors (Lipinski definition) is 0. The Morgan fingerprint density at radius 2 is 1.82 bits per heavy atom. The van der Waals surface area contributed by atoms with Crippen LogP contribution in [0.2, 0.25) is 0 Å². The number of furan rings is 1. The standard InChI is InChI=1S/C28H27FN2O2S/c1-2-19-8-6-7-11-24(19)30-28-31(22-9-4-3-5-10-22)27(32)26(34-28)18-23-16-17-25(33-23)20-12-14-21(29)15-13-20/h6-8,11-18,22H,2-5,9-10H2,1H3/b26-18+,30-28?. The van der Waals surface area contributed by atoms with Crippen molar-refractivity contribution in [2.24, 2.45) is 4.99 Å². The Hall–Kier alpha value is -3.12. The van der Waals surface area contributed by atoms with Crippen molar-refractivity contribution in [3.05, 3.63) is 82.7 Å². The van der Waals surface area contributed by atoms with Crippen molar-refractivity contribution < 1.29 is 13.6 Å². The summed E-state index contributed by atoms with van der Waals surface area (Å²) in [6.07, 6.45) is 8.18. The number of aryl methyl sites for hydroxylation is 1. The molecule has 2 aliphatic rings. The predicted molar refractivity (Wildman–Crippen MR) is 136 cm³/mol. The largest absolute Gasteiger partial charge is 0.457 e. The van der Waals surface area contributed by atoms with Crippen molar-refractivity contribution >= 4 is 34.6 Å². The molecule has 174 valence electrons. The van der Waals surface area contributed by atoms with Gasteiger partial charge in [0.2, 0.25) is 0 Å². The summed E-state index contributed by atoms with van der Waals surface area (Å²) in [5, 5.41) is 0.745. The number of hydrogen-bond acceptors (Lipinski definition) is 4. The lowest BCUT2D eigenvalue weighted by Crippen LogP contribution is -2.40. The second kappa shape index (κ2) is 10.0. The summed E-state index contributed by atoms with van der Waals surface area (Å²) in [4.78, 5) is 21.0. The first-order chi connectivity index (χ1) is 16.6. The highest BCUT2D eigenvalue weighted by molar-refractivity contribution is 8.18. The van der Waals surface area contributed by atoms with Crippen molar-refractivity contribution in [3.63, 3.8) is 0 Å². The number of amides is 1. The molecule has 4 nitrogen and oxygen atoms in total. The van der Waals surface area contributed by atoms with E-state index < -0.39 is 0 Å². The lowest BCUT2D eigenvalue weighted by molar-refractivity contribution is -0.124. The molecule has 0 unspecified atom stereocenters. The van der Waals surface area contributed by atoms with E-state index in [1.54, 1.807) is 18.2 Å². The molecule has 2 aromatic carbocycles. The molecule has 1 aromatic heterocycles. The number of rotatable bonds is 5. The van der Waals surface area contributed by atoms with Gasteiger partial charge >= 0.3 is 0 Å². The number of halogens is 1. The van der Waals surface area contributed by atoms with E-state index in [9.17, 15) is 9.18 Å². The number of amidine groups is 1. The first kappa shape index (κ1) is 22.7. The Labute approximate surface area is 203 Å². The van der Waals surface area contributed by atoms with Crippen LogP contribution in [0.5, 0.6) is 0 Å². The lowest BCUT2D eigenvalue weighted by Gasteiger charge is -2.30. The van der Waals surface area contributed by atoms with Gasteiger partial charge in [-0.15, -0.1) is 0 Å². The minimum absolute atomic E-state index is 0.00985. The molecule has 3 aromatic rings. The average Bonchev–Trinajstić information content (AvgIpc) is 3.45. The van der Waals surface area contributed by atoms with Gasteiger partial charge in [-0.05, 0) is 79.1 Å². The first-order valence-electron chi connectivity index (χ1n) is 11.9. The van der Waals surface area contributed by atoms with Gasteiger partial charge in [0, 0.05) is 17.7 Å². The number of benzene rings is 2. The maximum absolute atomic E-state index is 13.6. The highest BCUT2D eigenvalue weighted by Crippen LogP contribution is 2.39. The summed E-state index contributed by atoms with van der Waals surface area (Å²) in [7, 11) is 0. The second-order valence-electron chi connectivity index (χ2n) is 8.66. The zero-order valence-corrected chi connectivity index (χ0v) is 20.0. The van der Waals surface area contributed by atoms with E-state index in [1.165, 1.54) is 35.9 Å². The van der Waals surface area contributed by atoms with E-state index in [4.69, 9.17) is 9.41 Å². The molecular formula is C28H27FN2O2S. The maximum atomic E-state index is 13.6. The van der Waals surface area contributed by atoms with Gasteiger partial charge in [-0.1, -0.05) is 44.4 Å². The molecule has 0 atom stereocenters. The summed E-state index contributed by atoms with van der Waals surface area (Å²) >= 11 is 1.41. The van der Waals surface area contributed by atoms with E-state index in [1.807, 2.05) is 35.2 Å².